The van der Waals surface area contributed by atoms with Crippen molar-refractivity contribution in [2.75, 3.05) is 64.1 Å². The number of Topliss-reactive ketones (excluding diaryl/α,β-unsaturated/α-hetero) is 2. The average molecular weight is 1300 g/mol. The van der Waals surface area contributed by atoms with E-state index in [2.05, 4.69) is 36.5 Å². The number of halogens is 3. The van der Waals surface area contributed by atoms with Gasteiger partial charge >= 0.3 is 7.12 Å². The van der Waals surface area contributed by atoms with Gasteiger partial charge in [-0.15, -0.1) is 0 Å². The van der Waals surface area contributed by atoms with Gasteiger partial charge in [-0.3, -0.25) is 28.8 Å². The van der Waals surface area contributed by atoms with Gasteiger partial charge in [0.25, 0.3) is 11.8 Å². The van der Waals surface area contributed by atoms with Crippen LogP contribution in [0.15, 0.2) is 147 Å². The van der Waals surface area contributed by atoms with Crippen molar-refractivity contribution in [3.05, 3.63) is 182 Å². The lowest BCUT2D eigenvalue weighted by atomic mass is 9.78. The number of fused-ring (bicyclic) bond motifs is 2. The highest BCUT2D eigenvalue weighted by Gasteiger charge is 2.52. The van der Waals surface area contributed by atoms with Crippen LogP contribution < -0.4 is 27.6 Å². The number of rotatable bonds is 14. The molecule has 4 aromatic carbocycles. The molecule has 0 bridgehead atoms. The van der Waals surface area contributed by atoms with Crippen molar-refractivity contribution in [3.8, 4) is 11.1 Å². The van der Waals surface area contributed by atoms with Crippen LogP contribution in [0.2, 0.25) is 10.0 Å². The summed E-state index contributed by atoms with van der Waals surface area (Å²) < 4.78 is 35.2. The standard InChI is InChI=1S/C29H25ClN4O5.C23H25BClN3O4.C12H12BrNO3/c30-24-15-21(19-3-5-20(6-4-19)27(36)29(37)34-9-11-38-12-10-34)13-22-14-23(39-28(22)24)17-33-26(35)8-2-18-1-7-25(31)32-16-18;1-22(2)23(3,4)32-24(31-22)16-9-15-10-17(30-21(15)18(25)11-16)13-28-20(29)8-6-14-5-7-19(26)27-12-14;13-10-3-1-9(2-4-10)11(15)12(16)14-5-7-17-8-6-14/h1-8,13-16H,9-12,17H2,(H2,31,32)(H,33,35);5-12H,13H2,1-4H3,(H2,26,27)(H,28,29);1-4H,5-8H2/b8-2+;8-6+;. The van der Waals surface area contributed by atoms with Gasteiger partial charge in [0, 0.05) is 77.1 Å². The number of pyridine rings is 2. The number of carbonyl (C=O) groups excluding carboxylic acids is 6. The van der Waals surface area contributed by atoms with Crippen molar-refractivity contribution >= 4 is 133 Å². The first-order valence-corrected chi connectivity index (χ1v) is 29.5. The number of nitrogens with zero attached hydrogens (tertiary/aromatic N) is 4. The smallest absolute Gasteiger partial charge is 0.458 e. The largest absolute Gasteiger partial charge is 0.494 e. The first-order valence-electron chi connectivity index (χ1n) is 27.9. The Morgan fingerprint density at radius 1 is 0.580 bits per heavy atom. The van der Waals surface area contributed by atoms with Crippen molar-refractivity contribution < 1.29 is 56.4 Å². The maximum absolute atomic E-state index is 12.7. The molecule has 454 valence electrons. The number of nitrogen functional groups attached to an aromatic ring is 2. The minimum absolute atomic E-state index is 0.178. The summed E-state index contributed by atoms with van der Waals surface area (Å²) in [5, 5.41) is 8.03. The Kier molecular flexibility index (Phi) is 20.8. The number of hydrogen-bond acceptors (Lipinski definition) is 16. The summed E-state index contributed by atoms with van der Waals surface area (Å²) in [4.78, 5) is 84.3. The van der Waals surface area contributed by atoms with E-state index >= 15 is 0 Å². The van der Waals surface area contributed by atoms with Crippen molar-refractivity contribution in [1.29, 1.82) is 0 Å². The summed E-state index contributed by atoms with van der Waals surface area (Å²) in [5.41, 5.74) is 16.0. The SMILES string of the molecule is CC1(C)OB(c2cc(Cl)c3oc(CNC(=O)/C=C/c4ccc(N)nc4)cc3c2)OC1(C)C.Nc1ccc(/C=C/C(=O)NCc2cc3cc(-c4ccc(C(=O)C(=O)N5CCOCC5)cc4)cc(Cl)c3o2)cn1.O=C(C(=O)N1CCOCC1)c1ccc(Br)cc1. The second kappa shape index (κ2) is 28.6. The number of hydrogen-bond donors (Lipinski definition) is 4. The number of morpholine rings is 2. The maximum Gasteiger partial charge on any atom is 0.494 e. The van der Waals surface area contributed by atoms with E-state index in [0.717, 1.165) is 43.0 Å². The summed E-state index contributed by atoms with van der Waals surface area (Å²) in [6.45, 7) is 12.1. The Bertz CT molecular complexity index is 3900. The van der Waals surface area contributed by atoms with Crippen LogP contribution in [0.5, 0.6) is 0 Å². The van der Waals surface area contributed by atoms with E-state index in [4.69, 9.17) is 62.3 Å². The minimum atomic E-state index is -0.543. The zero-order valence-corrected chi connectivity index (χ0v) is 51.6. The lowest BCUT2D eigenvalue weighted by molar-refractivity contribution is -0.130. The predicted octanol–water partition coefficient (Wildman–Crippen LogP) is 9.28. The van der Waals surface area contributed by atoms with Crippen LogP contribution in [0.3, 0.4) is 0 Å². The number of ketones is 2. The van der Waals surface area contributed by atoms with Crippen molar-refractivity contribution in [2.45, 2.75) is 52.0 Å². The number of benzene rings is 4. The summed E-state index contributed by atoms with van der Waals surface area (Å²) in [5.74, 6) is -0.554. The van der Waals surface area contributed by atoms with Gasteiger partial charge in [-0.1, -0.05) is 69.5 Å². The number of ether oxygens (including phenoxy) is 2. The molecule has 3 aliphatic heterocycles. The second-order valence-electron chi connectivity index (χ2n) is 21.5. The van der Waals surface area contributed by atoms with Crippen LogP contribution >= 0.6 is 39.1 Å². The van der Waals surface area contributed by atoms with E-state index in [1.54, 1.807) is 109 Å². The second-order valence-corrected chi connectivity index (χ2v) is 23.2. The Hall–Kier alpha value is -8.48. The van der Waals surface area contributed by atoms with Crippen molar-refractivity contribution in [2.24, 2.45) is 0 Å². The van der Waals surface area contributed by atoms with Gasteiger partial charge in [-0.05, 0) is 146 Å². The van der Waals surface area contributed by atoms with Crippen molar-refractivity contribution in [1.82, 2.24) is 30.4 Å². The molecule has 8 aromatic rings. The molecule has 3 fully saturated rings. The zero-order chi connectivity index (χ0) is 62.7. The molecule has 3 aliphatic rings. The number of carbonyl (C=O) groups is 6. The molecule has 20 nitrogen and oxygen atoms in total. The van der Waals surface area contributed by atoms with Crippen LogP contribution in [0.25, 0.3) is 45.2 Å². The summed E-state index contributed by atoms with van der Waals surface area (Å²) in [7, 11) is -0.520. The van der Waals surface area contributed by atoms with E-state index in [1.165, 1.54) is 22.0 Å². The summed E-state index contributed by atoms with van der Waals surface area (Å²) in [6.07, 6.45) is 9.31. The number of amides is 4. The molecule has 4 aromatic heterocycles. The summed E-state index contributed by atoms with van der Waals surface area (Å²) in [6, 6.07) is 31.6. The lowest BCUT2D eigenvalue weighted by Crippen LogP contribution is -2.44. The Labute approximate surface area is 525 Å². The molecule has 0 saturated carbocycles. The molecule has 0 atom stereocenters. The van der Waals surface area contributed by atoms with E-state index in [0.29, 0.717) is 108 Å². The van der Waals surface area contributed by atoms with Crippen LogP contribution in [0.4, 0.5) is 11.6 Å². The number of aromatic nitrogens is 2. The Morgan fingerprint density at radius 3 is 1.45 bits per heavy atom. The molecule has 0 radical (unpaired) electrons. The topological polar surface area (TPSA) is 274 Å². The van der Waals surface area contributed by atoms with E-state index < -0.39 is 41.7 Å². The molecule has 0 unspecified atom stereocenters. The quantitative estimate of drug-likeness (QED) is 0.0342. The van der Waals surface area contributed by atoms with E-state index in [-0.39, 0.29) is 24.9 Å². The first kappa shape index (κ1) is 64.0. The average Bonchev–Trinajstić information content (AvgIpc) is 1.88. The molecular formula is C64H62BBrCl2N8O12. The van der Waals surface area contributed by atoms with Gasteiger partial charge in [-0.2, -0.15) is 0 Å². The van der Waals surface area contributed by atoms with Crippen LogP contribution in [-0.2, 0) is 51.1 Å². The van der Waals surface area contributed by atoms with Crippen LogP contribution in [0.1, 0.15) is 71.1 Å². The molecule has 24 heteroatoms. The number of anilines is 2. The fourth-order valence-electron chi connectivity index (χ4n) is 9.13. The highest BCUT2D eigenvalue weighted by molar-refractivity contribution is 9.10. The molecule has 88 heavy (non-hydrogen) atoms. The fraction of sp³-hybridized carbons (Fsp3) is 0.250. The van der Waals surface area contributed by atoms with Gasteiger partial charge in [0.1, 0.15) is 23.2 Å². The maximum atomic E-state index is 12.7. The zero-order valence-electron chi connectivity index (χ0n) is 48.5. The number of furan rings is 2. The monoisotopic (exact) mass is 1290 g/mol. The Morgan fingerprint density at radius 2 is 1.01 bits per heavy atom. The molecule has 3 saturated heterocycles. The Balaban J connectivity index is 0.000000169. The van der Waals surface area contributed by atoms with Gasteiger partial charge in [0.05, 0.1) is 60.8 Å². The molecular weight excluding hydrogens is 1230 g/mol. The van der Waals surface area contributed by atoms with E-state index in [1.807, 2.05) is 52.0 Å². The molecule has 0 spiro atoms. The highest BCUT2D eigenvalue weighted by atomic mass is 79.9. The molecule has 11 rings (SSSR count). The van der Waals surface area contributed by atoms with Gasteiger partial charge in [0.15, 0.2) is 11.2 Å². The van der Waals surface area contributed by atoms with E-state index in [9.17, 15) is 28.8 Å². The third kappa shape index (κ3) is 16.4. The molecule has 0 aliphatic carbocycles. The third-order valence-corrected chi connectivity index (χ3v) is 15.8. The predicted molar refractivity (Wildman–Crippen MR) is 340 cm³/mol. The minimum Gasteiger partial charge on any atom is -0.458 e. The molecule has 4 amide bonds. The fourth-order valence-corrected chi connectivity index (χ4v) is 9.93. The first-order chi connectivity index (χ1) is 42.1. The van der Waals surface area contributed by atoms with Gasteiger partial charge < -0.3 is 59.5 Å². The molecule has 6 N–H and O–H groups in total. The van der Waals surface area contributed by atoms with Gasteiger partial charge in [0.2, 0.25) is 23.4 Å². The number of nitrogens with two attached hydrogens (primary N) is 2. The normalized spacial score (nSPS) is 15.4. The summed E-state index contributed by atoms with van der Waals surface area (Å²) >= 11 is 16.3. The third-order valence-electron chi connectivity index (χ3n) is 14.7. The highest BCUT2D eigenvalue weighted by Crippen LogP contribution is 2.38. The van der Waals surface area contributed by atoms with Crippen LogP contribution in [0, 0.1) is 0 Å². The van der Waals surface area contributed by atoms with Crippen LogP contribution in [-0.4, -0.2) is 126 Å². The number of nitrogens with one attached hydrogen (secondary N) is 2. The van der Waals surface area contributed by atoms with Gasteiger partial charge in [-0.25, -0.2) is 9.97 Å². The molecule has 7 heterocycles. The van der Waals surface area contributed by atoms with Crippen molar-refractivity contribution in [3.63, 3.8) is 0 Å². The lowest BCUT2D eigenvalue weighted by Gasteiger charge is -2.32.